The second kappa shape index (κ2) is 17.6. The Labute approximate surface area is 281 Å². The molecule has 3 aliphatic carbocycles. The van der Waals surface area contributed by atoms with Crippen molar-refractivity contribution in [2.24, 2.45) is 22.7 Å². The molecular weight excluding hydrogens is 568 g/mol. The van der Waals surface area contributed by atoms with Crippen molar-refractivity contribution in [1.29, 1.82) is 0 Å². The Hall–Kier alpha value is -2.53. The maximum absolute atomic E-state index is 12.6. The van der Waals surface area contributed by atoms with Gasteiger partial charge >= 0.3 is 6.09 Å². The molecule has 4 aliphatic rings. The second-order valence-electron chi connectivity index (χ2n) is 14.4. The van der Waals surface area contributed by atoms with Crippen molar-refractivity contribution in [3.05, 3.63) is 53.6 Å². The summed E-state index contributed by atoms with van der Waals surface area (Å²) in [4.78, 5) is 15.0. The Balaban J connectivity index is 0.000000460. The van der Waals surface area contributed by atoms with Gasteiger partial charge in [0.1, 0.15) is 5.75 Å². The molecule has 0 spiro atoms. The quantitative estimate of drug-likeness (QED) is 0.343. The number of aliphatic hydroxyl groups is 1. The number of benzene rings is 2. The summed E-state index contributed by atoms with van der Waals surface area (Å²) in [7, 11) is 0. The lowest BCUT2D eigenvalue weighted by atomic mass is 9.55. The maximum Gasteiger partial charge on any atom is 0.417 e. The Bertz CT molecular complexity index is 1200. The zero-order chi connectivity index (χ0) is 33.9. The van der Waals surface area contributed by atoms with Crippen molar-refractivity contribution in [1.82, 2.24) is 0 Å². The first-order valence-electron chi connectivity index (χ1n) is 18.8. The predicted octanol–water partition coefficient (Wildman–Crippen LogP) is 11.4. The van der Waals surface area contributed by atoms with Crippen molar-refractivity contribution in [2.45, 2.75) is 145 Å². The minimum absolute atomic E-state index is 0.103. The van der Waals surface area contributed by atoms with Gasteiger partial charge in [-0.2, -0.15) is 0 Å². The van der Waals surface area contributed by atoms with Crippen LogP contribution in [0, 0.1) is 22.7 Å². The molecule has 5 nitrogen and oxygen atoms in total. The molecule has 0 radical (unpaired) electrons. The lowest BCUT2D eigenvalue weighted by Gasteiger charge is -2.50. The molecule has 258 valence electrons. The van der Waals surface area contributed by atoms with Gasteiger partial charge in [-0.15, -0.1) is 0 Å². The number of anilines is 2. The first-order valence-corrected chi connectivity index (χ1v) is 18.8. The minimum atomic E-state index is -0.447. The van der Waals surface area contributed by atoms with Crippen molar-refractivity contribution in [3.63, 3.8) is 0 Å². The molecule has 5 unspecified atom stereocenters. The monoisotopic (exact) mass is 635 g/mol. The largest absolute Gasteiger partial charge is 0.417 e. The third-order valence-electron chi connectivity index (χ3n) is 11.6. The van der Waals surface area contributed by atoms with E-state index < -0.39 is 6.09 Å². The number of amides is 1. The molecule has 2 aromatic rings. The number of nitrogens with zero attached hydrogens (tertiary/aromatic N) is 1. The fourth-order valence-corrected chi connectivity index (χ4v) is 8.00. The summed E-state index contributed by atoms with van der Waals surface area (Å²) in [5.74, 6) is 2.48. The van der Waals surface area contributed by atoms with Crippen LogP contribution in [0.1, 0.15) is 144 Å². The van der Waals surface area contributed by atoms with Crippen LogP contribution >= 0.6 is 0 Å². The van der Waals surface area contributed by atoms with E-state index in [4.69, 9.17) is 4.74 Å². The van der Waals surface area contributed by atoms with E-state index in [9.17, 15) is 9.90 Å². The van der Waals surface area contributed by atoms with E-state index in [2.05, 4.69) is 69.1 Å². The number of carbonyl (C=O) groups is 1. The number of piperidine rings is 1. The van der Waals surface area contributed by atoms with Gasteiger partial charge in [-0.3, -0.25) is 5.32 Å². The number of carbonyl (C=O) groups excluding carboxylic acids is 1. The van der Waals surface area contributed by atoms with Crippen LogP contribution in [0.2, 0.25) is 0 Å². The summed E-state index contributed by atoms with van der Waals surface area (Å²) in [6.45, 7) is 21.6. The number of hydrogen-bond acceptors (Lipinski definition) is 4. The number of hydrogen-bond donors (Lipinski definition) is 2. The van der Waals surface area contributed by atoms with Crippen molar-refractivity contribution >= 4 is 17.5 Å². The zero-order valence-corrected chi connectivity index (χ0v) is 30.8. The lowest BCUT2D eigenvalue weighted by Crippen LogP contribution is -2.43. The summed E-state index contributed by atoms with van der Waals surface area (Å²) >= 11 is 0. The molecule has 1 saturated heterocycles. The molecule has 5 heteroatoms. The van der Waals surface area contributed by atoms with Gasteiger partial charge in [-0.05, 0) is 134 Å². The van der Waals surface area contributed by atoms with E-state index in [1.807, 2.05) is 45.9 Å². The zero-order valence-electron chi connectivity index (χ0n) is 30.8. The van der Waals surface area contributed by atoms with E-state index in [-0.39, 0.29) is 11.5 Å². The second-order valence-corrected chi connectivity index (χ2v) is 14.4. The van der Waals surface area contributed by atoms with Crippen LogP contribution in [0.25, 0.3) is 0 Å². The standard InChI is InChI=1S/C30H38N2O3.C7H16.2C2H6/c1-30-16-15-25-24-12-10-23(19-20(24)5-11-26(25)27(30)13-14-28(30)33)35-29(34)31-21-6-8-22(9-7-21)32-17-3-2-4-18-32;1-5-7(3,4)6-2;2*1-2/h6-10,12,19,25-28,33H,2-5,11,13-18H2,1H3,(H,31,34);5-6H2,1-4H3;2*1-2H3. The number of aliphatic hydroxyl groups excluding tert-OH is 1. The van der Waals surface area contributed by atoms with Gasteiger partial charge in [-0.1, -0.05) is 81.2 Å². The van der Waals surface area contributed by atoms with Crippen LogP contribution in [0.3, 0.4) is 0 Å². The third-order valence-corrected chi connectivity index (χ3v) is 11.6. The van der Waals surface area contributed by atoms with Crippen LogP contribution in [0.15, 0.2) is 42.5 Å². The molecular formula is C41H66N2O3. The maximum atomic E-state index is 12.6. The predicted molar refractivity (Wildman–Crippen MR) is 196 cm³/mol. The lowest BCUT2D eigenvalue weighted by molar-refractivity contribution is -0.0226. The number of nitrogens with one attached hydrogen (secondary N) is 1. The molecule has 6 rings (SSSR count). The molecule has 2 aromatic carbocycles. The summed E-state index contributed by atoms with van der Waals surface area (Å²) in [5, 5.41) is 13.5. The summed E-state index contributed by atoms with van der Waals surface area (Å²) in [6, 6.07) is 14.3. The molecule has 1 amide bonds. The van der Waals surface area contributed by atoms with E-state index in [0.29, 0.717) is 28.9 Å². The molecule has 3 fully saturated rings. The van der Waals surface area contributed by atoms with Gasteiger partial charge in [0.15, 0.2) is 0 Å². The molecule has 5 atom stereocenters. The Kier molecular flexibility index (Phi) is 14.5. The van der Waals surface area contributed by atoms with Gasteiger partial charge in [0.25, 0.3) is 0 Å². The molecule has 46 heavy (non-hydrogen) atoms. The van der Waals surface area contributed by atoms with Crippen LogP contribution in [0.4, 0.5) is 16.2 Å². The molecule has 2 saturated carbocycles. The number of ether oxygens (including phenoxy) is 1. The highest BCUT2D eigenvalue weighted by atomic mass is 16.6. The summed E-state index contributed by atoms with van der Waals surface area (Å²) < 4.78 is 5.67. The smallest absolute Gasteiger partial charge is 0.410 e. The van der Waals surface area contributed by atoms with Gasteiger partial charge in [0.05, 0.1) is 6.10 Å². The third kappa shape index (κ3) is 9.08. The highest BCUT2D eigenvalue weighted by Crippen LogP contribution is 2.60. The van der Waals surface area contributed by atoms with E-state index in [0.717, 1.165) is 50.9 Å². The molecule has 0 aromatic heterocycles. The summed E-state index contributed by atoms with van der Waals surface area (Å²) in [5.41, 5.74) is 5.41. The molecule has 0 bridgehead atoms. The fourth-order valence-electron chi connectivity index (χ4n) is 8.00. The van der Waals surface area contributed by atoms with Crippen LogP contribution in [-0.2, 0) is 6.42 Å². The van der Waals surface area contributed by atoms with Gasteiger partial charge in [0.2, 0.25) is 0 Å². The first kappa shape index (κ1) is 37.9. The topological polar surface area (TPSA) is 61.8 Å². The molecule has 1 heterocycles. The van der Waals surface area contributed by atoms with Crippen LogP contribution < -0.4 is 15.0 Å². The van der Waals surface area contributed by atoms with Crippen LogP contribution in [0.5, 0.6) is 5.75 Å². The van der Waals surface area contributed by atoms with Crippen LogP contribution in [-0.4, -0.2) is 30.4 Å². The minimum Gasteiger partial charge on any atom is -0.410 e. The van der Waals surface area contributed by atoms with Crippen molar-refractivity contribution in [2.75, 3.05) is 23.3 Å². The molecule has 2 N–H and O–H groups in total. The Morgan fingerprint density at radius 2 is 1.59 bits per heavy atom. The van der Waals surface area contributed by atoms with Crippen molar-refractivity contribution in [3.8, 4) is 5.75 Å². The highest BCUT2D eigenvalue weighted by molar-refractivity contribution is 5.86. The fraction of sp³-hybridized carbons (Fsp3) is 0.683. The van der Waals surface area contributed by atoms with Gasteiger partial charge in [0, 0.05) is 24.5 Å². The van der Waals surface area contributed by atoms with E-state index in [1.54, 1.807) is 0 Å². The number of rotatable bonds is 5. The Morgan fingerprint density at radius 3 is 2.20 bits per heavy atom. The number of fused-ring (bicyclic) bond motifs is 5. The molecule has 1 aliphatic heterocycles. The summed E-state index contributed by atoms with van der Waals surface area (Å²) in [6.07, 6.45) is 12.4. The van der Waals surface area contributed by atoms with Crippen molar-refractivity contribution < 1.29 is 14.6 Å². The first-order chi connectivity index (χ1) is 22.1. The van der Waals surface area contributed by atoms with Gasteiger partial charge in [-0.25, -0.2) is 4.79 Å². The normalized spacial score (nSPS) is 26.3. The van der Waals surface area contributed by atoms with Gasteiger partial charge < -0.3 is 14.7 Å². The SMILES string of the molecule is CC.CC.CC12CCC3c4ccc(OC(=O)Nc5ccc(N6CCCCC6)cc5)cc4CCC3C1CCC2O.CCC(C)(C)CC. The highest BCUT2D eigenvalue weighted by Gasteiger charge is 2.54. The van der Waals surface area contributed by atoms with E-state index >= 15 is 0 Å². The average Bonchev–Trinajstić information content (AvgIpc) is 3.41. The average molecular weight is 635 g/mol. The van der Waals surface area contributed by atoms with E-state index in [1.165, 1.54) is 55.3 Å². The Morgan fingerprint density at radius 1 is 0.935 bits per heavy atom. The number of aryl methyl sites for hydroxylation is 1.